The summed E-state index contributed by atoms with van der Waals surface area (Å²) in [4.78, 5) is 37.4. The van der Waals surface area contributed by atoms with E-state index in [-0.39, 0.29) is 0 Å². The van der Waals surface area contributed by atoms with Crippen molar-refractivity contribution < 1.29 is 0 Å². The monoisotopic (exact) mass is 274 g/mol. The smallest absolute Gasteiger partial charge is 0.330 e. The zero-order valence-corrected chi connectivity index (χ0v) is 11.2. The Morgan fingerprint density at radius 3 is 2.75 bits per heavy atom. The van der Waals surface area contributed by atoms with Crippen LogP contribution in [0.1, 0.15) is 13.3 Å². The molecule has 0 saturated heterocycles. The fraction of sp³-hybridized carbons (Fsp3) is 0.333. The number of nitrogens with zero attached hydrogens (tertiary/aromatic N) is 4. The summed E-state index contributed by atoms with van der Waals surface area (Å²) in [5.41, 5.74) is 0.521. The molecule has 3 aromatic rings. The van der Waals surface area contributed by atoms with E-state index in [2.05, 4.69) is 19.9 Å². The van der Waals surface area contributed by atoms with Crippen molar-refractivity contribution in [3.63, 3.8) is 0 Å². The summed E-state index contributed by atoms with van der Waals surface area (Å²) < 4.78 is 3.25. The Bertz CT molecular complexity index is 881. The molecular formula is C12H14N6O2. The van der Waals surface area contributed by atoms with Gasteiger partial charge in [-0.2, -0.15) is 0 Å². The summed E-state index contributed by atoms with van der Waals surface area (Å²) in [6.07, 6.45) is 4.06. The largest absolute Gasteiger partial charge is 0.331 e. The van der Waals surface area contributed by atoms with Crippen molar-refractivity contribution >= 4 is 11.2 Å². The highest BCUT2D eigenvalue weighted by atomic mass is 16.2. The maximum absolute atomic E-state index is 11.9. The molecule has 20 heavy (non-hydrogen) atoms. The van der Waals surface area contributed by atoms with Crippen LogP contribution in [-0.4, -0.2) is 29.1 Å². The van der Waals surface area contributed by atoms with Crippen molar-refractivity contribution in [2.75, 3.05) is 0 Å². The number of hydrogen-bond acceptors (Lipinski definition) is 4. The van der Waals surface area contributed by atoms with Crippen LogP contribution in [0.2, 0.25) is 0 Å². The lowest BCUT2D eigenvalue weighted by Crippen LogP contribution is -2.30. The molecule has 0 spiro atoms. The number of hydrogen-bond donors (Lipinski definition) is 2. The predicted molar refractivity (Wildman–Crippen MR) is 73.5 cm³/mol. The van der Waals surface area contributed by atoms with E-state index in [1.54, 1.807) is 17.1 Å². The number of nitrogens with one attached hydrogen (secondary N) is 2. The van der Waals surface area contributed by atoms with Crippen LogP contribution in [0.3, 0.4) is 0 Å². The molecule has 3 rings (SSSR count). The van der Waals surface area contributed by atoms with Crippen LogP contribution in [0.4, 0.5) is 0 Å². The van der Waals surface area contributed by atoms with Crippen LogP contribution in [0.5, 0.6) is 0 Å². The average molecular weight is 274 g/mol. The molecule has 0 aliphatic heterocycles. The van der Waals surface area contributed by atoms with Crippen LogP contribution in [0, 0.1) is 0 Å². The van der Waals surface area contributed by atoms with E-state index < -0.39 is 11.2 Å². The number of imidazole rings is 2. The first-order valence-corrected chi connectivity index (χ1v) is 6.31. The Balaban J connectivity index is 2.33. The second-order valence-electron chi connectivity index (χ2n) is 4.58. The molecule has 8 heteroatoms. The Kier molecular flexibility index (Phi) is 2.78. The van der Waals surface area contributed by atoms with Crippen LogP contribution in [-0.2, 0) is 13.6 Å². The minimum atomic E-state index is -0.460. The molecule has 0 aromatic carbocycles. The van der Waals surface area contributed by atoms with Crippen molar-refractivity contribution in [2.45, 2.75) is 19.9 Å². The van der Waals surface area contributed by atoms with Crippen molar-refractivity contribution in [1.29, 1.82) is 0 Å². The van der Waals surface area contributed by atoms with E-state index in [1.807, 2.05) is 14.0 Å². The van der Waals surface area contributed by atoms with Gasteiger partial charge < -0.3 is 9.55 Å². The van der Waals surface area contributed by atoms with E-state index in [9.17, 15) is 9.59 Å². The van der Waals surface area contributed by atoms with Gasteiger partial charge in [-0.15, -0.1) is 0 Å². The second-order valence-corrected chi connectivity index (χ2v) is 4.58. The number of aromatic amines is 2. The lowest BCUT2D eigenvalue weighted by Gasteiger charge is -2.02. The molecule has 3 aromatic heterocycles. The summed E-state index contributed by atoms with van der Waals surface area (Å²) in [7, 11) is 1.83. The average Bonchev–Trinajstić information content (AvgIpc) is 3.00. The zero-order valence-electron chi connectivity index (χ0n) is 11.2. The Morgan fingerprint density at radius 2 is 2.10 bits per heavy atom. The van der Waals surface area contributed by atoms with Crippen molar-refractivity contribution in [3.8, 4) is 11.5 Å². The third-order valence-corrected chi connectivity index (χ3v) is 3.14. The van der Waals surface area contributed by atoms with Crippen molar-refractivity contribution in [2.24, 2.45) is 7.05 Å². The highest BCUT2D eigenvalue weighted by molar-refractivity contribution is 5.74. The van der Waals surface area contributed by atoms with Gasteiger partial charge in [0.15, 0.2) is 11.5 Å². The Morgan fingerprint density at radius 1 is 1.30 bits per heavy atom. The molecule has 0 aliphatic rings. The van der Waals surface area contributed by atoms with Gasteiger partial charge in [0.1, 0.15) is 11.2 Å². The normalized spacial score (nSPS) is 11.3. The summed E-state index contributed by atoms with van der Waals surface area (Å²) in [5.74, 6) is 0.515. The van der Waals surface area contributed by atoms with Gasteiger partial charge in [0, 0.05) is 13.6 Å². The van der Waals surface area contributed by atoms with Gasteiger partial charge in [0.25, 0.3) is 5.56 Å². The number of aromatic nitrogens is 6. The number of rotatable bonds is 3. The van der Waals surface area contributed by atoms with Gasteiger partial charge in [0.2, 0.25) is 0 Å². The maximum Gasteiger partial charge on any atom is 0.330 e. The molecule has 0 amide bonds. The summed E-state index contributed by atoms with van der Waals surface area (Å²) >= 11 is 0. The maximum atomic E-state index is 11.9. The van der Waals surface area contributed by atoms with E-state index >= 15 is 0 Å². The molecule has 2 N–H and O–H groups in total. The first-order chi connectivity index (χ1) is 9.61. The molecule has 0 unspecified atom stereocenters. The molecule has 0 radical (unpaired) electrons. The van der Waals surface area contributed by atoms with Gasteiger partial charge in [0.05, 0.1) is 12.5 Å². The predicted octanol–water partition coefficient (Wildman–Crippen LogP) is 0.223. The highest BCUT2D eigenvalue weighted by Gasteiger charge is 2.14. The van der Waals surface area contributed by atoms with Gasteiger partial charge in [-0.1, -0.05) is 6.92 Å². The van der Waals surface area contributed by atoms with Gasteiger partial charge in [-0.05, 0) is 6.42 Å². The lowest BCUT2D eigenvalue weighted by atomic mass is 10.4. The molecule has 104 valence electrons. The minimum Gasteiger partial charge on any atom is -0.331 e. The molecular weight excluding hydrogens is 260 g/mol. The summed E-state index contributed by atoms with van der Waals surface area (Å²) in [5, 5.41) is 0. The zero-order chi connectivity index (χ0) is 14.3. The summed E-state index contributed by atoms with van der Waals surface area (Å²) in [6, 6.07) is 0. The summed E-state index contributed by atoms with van der Waals surface area (Å²) in [6.45, 7) is 2.46. The molecule has 0 aliphatic carbocycles. The quantitative estimate of drug-likeness (QED) is 0.713. The Labute approximate surface area is 113 Å². The fourth-order valence-electron chi connectivity index (χ4n) is 2.18. The highest BCUT2D eigenvalue weighted by Crippen LogP contribution is 2.16. The minimum absolute atomic E-state index is 0.300. The molecule has 8 nitrogen and oxygen atoms in total. The number of aryl methyl sites for hydroxylation is 2. The number of fused-ring (bicyclic) bond motifs is 1. The van der Waals surface area contributed by atoms with E-state index in [0.717, 1.165) is 12.1 Å². The number of H-pyrrole nitrogens is 2. The molecule has 0 fully saturated rings. The first kappa shape index (κ1) is 12.4. The van der Waals surface area contributed by atoms with Crippen molar-refractivity contribution in [1.82, 2.24) is 29.1 Å². The Hall–Kier alpha value is -2.64. The molecule has 0 saturated carbocycles. The van der Waals surface area contributed by atoms with Crippen molar-refractivity contribution in [3.05, 3.63) is 33.4 Å². The lowest BCUT2D eigenvalue weighted by molar-refractivity contribution is 0.652. The first-order valence-electron chi connectivity index (χ1n) is 6.31. The topological polar surface area (TPSA) is 101 Å². The third kappa shape index (κ3) is 1.77. The van der Waals surface area contributed by atoms with E-state index in [4.69, 9.17) is 0 Å². The third-order valence-electron chi connectivity index (χ3n) is 3.14. The van der Waals surface area contributed by atoms with E-state index in [0.29, 0.717) is 23.5 Å². The van der Waals surface area contributed by atoms with Gasteiger partial charge in [-0.25, -0.2) is 14.8 Å². The van der Waals surface area contributed by atoms with Crippen LogP contribution in [0.15, 0.2) is 22.1 Å². The molecule has 3 heterocycles. The molecule has 0 atom stereocenters. The standard InChI is InChI=1S/C12H14N6O2/c1-3-4-18-10-8(11(19)16-12(18)20)14-9(15-10)7-5-13-6-17(7)2/h5-6H,3-4H2,1-2H3,(H,14,15)(H,16,19,20). The SMILES string of the molecule is CCCn1c(=O)[nH]c(=O)c2[nH]c(-c3cncn3C)nc21. The van der Waals surface area contributed by atoms with Crippen LogP contribution >= 0.6 is 0 Å². The fourth-order valence-corrected chi connectivity index (χ4v) is 2.18. The van der Waals surface area contributed by atoms with Crippen LogP contribution < -0.4 is 11.2 Å². The molecule has 0 bridgehead atoms. The van der Waals surface area contributed by atoms with E-state index in [1.165, 1.54) is 4.57 Å². The van der Waals surface area contributed by atoms with Crippen LogP contribution in [0.25, 0.3) is 22.7 Å². The second kappa shape index (κ2) is 4.48. The van der Waals surface area contributed by atoms with Gasteiger partial charge >= 0.3 is 5.69 Å². The van der Waals surface area contributed by atoms with Gasteiger partial charge in [-0.3, -0.25) is 14.3 Å².